The average molecular weight is 277 g/mol. The van der Waals surface area contributed by atoms with E-state index in [1.165, 1.54) is 7.11 Å². The summed E-state index contributed by atoms with van der Waals surface area (Å²) >= 11 is 0. The van der Waals surface area contributed by atoms with Gasteiger partial charge in [0.15, 0.2) is 0 Å². The summed E-state index contributed by atoms with van der Waals surface area (Å²) < 4.78 is 9.91. The minimum atomic E-state index is -0.361. The zero-order valence-corrected chi connectivity index (χ0v) is 12.0. The molecule has 1 fully saturated rings. The number of likely N-dealkylation sites (tertiary alicyclic amines) is 1. The van der Waals surface area contributed by atoms with Crippen LogP contribution in [0.1, 0.15) is 24.9 Å². The first kappa shape index (κ1) is 14.4. The number of benzene rings is 1. The van der Waals surface area contributed by atoms with Gasteiger partial charge < -0.3 is 14.4 Å². The Kier molecular flexibility index (Phi) is 4.27. The number of carbonyl (C=O) groups is 2. The van der Waals surface area contributed by atoms with Crippen LogP contribution >= 0.6 is 0 Å². The molecule has 1 amide bonds. The molecule has 1 aromatic rings. The Balaban J connectivity index is 2.14. The molecule has 1 aromatic carbocycles. The van der Waals surface area contributed by atoms with Crippen LogP contribution in [0.25, 0.3) is 0 Å². The number of esters is 1. The highest BCUT2D eigenvalue weighted by Gasteiger charge is 2.37. The molecule has 1 heterocycles. The minimum Gasteiger partial charge on any atom is -0.497 e. The third-order valence-corrected chi connectivity index (χ3v) is 3.74. The number of hydrogen-bond acceptors (Lipinski definition) is 4. The molecule has 0 aliphatic carbocycles. The Bertz CT molecular complexity index is 514. The fourth-order valence-electron chi connectivity index (χ4n) is 2.51. The maximum Gasteiger partial charge on any atom is 0.310 e. The molecule has 0 aromatic heterocycles. The van der Waals surface area contributed by atoms with Gasteiger partial charge in [0, 0.05) is 13.0 Å². The summed E-state index contributed by atoms with van der Waals surface area (Å²) in [5, 5.41) is 0. The number of ether oxygens (including phenoxy) is 2. The van der Waals surface area contributed by atoms with Gasteiger partial charge >= 0.3 is 5.97 Å². The van der Waals surface area contributed by atoms with Gasteiger partial charge in [-0.05, 0) is 24.6 Å². The number of rotatable bonds is 4. The SMILES string of the molecule is COC(=O)C1CC(=O)N(C(C)c2cccc(OC)c2)C1. The largest absolute Gasteiger partial charge is 0.497 e. The summed E-state index contributed by atoms with van der Waals surface area (Å²) in [4.78, 5) is 25.3. The standard InChI is InChI=1S/C15H19NO4/c1-10(11-5-4-6-13(7-11)19-2)16-9-12(8-14(16)17)15(18)20-3/h4-7,10,12H,8-9H2,1-3H3. The second-order valence-corrected chi connectivity index (χ2v) is 4.92. The zero-order valence-electron chi connectivity index (χ0n) is 12.0. The van der Waals surface area contributed by atoms with E-state index in [9.17, 15) is 9.59 Å². The lowest BCUT2D eigenvalue weighted by molar-refractivity contribution is -0.145. The second-order valence-electron chi connectivity index (χ2n) is 4.92. The van der Waals surface area contributed by atoms with E-state index in [1.54, 1.807) is 12.0 Å². The van der Waals surface area contributed by atoms with Crippen molar-refractivity contribution in [1.82, 2.24) is 4.90 Å². The lowest BCUT2D eigenvalue weighted by Gasteiger charge is -2.25. The molecule has 108 valence electrons. The molecule has 2 atom stereocenters. The first-order valence-electron chi connectivity index (χ1n) is 6.58. The van der Waals surface area contributed by atoms with Crippen molar-refractivity contribution >= 4 is 11.9 Å². The molecule has 1 aliphatic rings. The number of amides is 1. The van der Waals surface area contributed by atoms with Gasteiger partial charge in [0.2, 0.25) is 5.91 Å². The van der Waals surface area contributed by atoms with Crippen molar-refractivity contribution in [2.24, 2.45) is 5.92 Å². The predicted octanol–water partition coefficient (Wildman–Crippen LogP) is 1.78. The van der Waals surface area contributed by atoms with Gasteiger partial charge in [-0.1, -0.05) is 12.1 Å². The van der Waals surface area contributed by atoms with E-state index in [1.807, 2.05) is 31.2 Å². The summed E-state index contributed by atoms with van der Waals surface area (Å²) in [6.45, 7) is 2.36. The molecule has 5 heteroatoms. The van der Waals surface area contributed by atoms with Gasteiger partial charge in [-0.2, -0.15) is 0 Å². The van der Waals surface area contributed by atoms with Crippen molar-refractivity contribution in [3.63, 3.8) is 0 Å². The van der Waals surface area contributed by atoms with Gasteiger partial charge in [0.1, 0.15) is 5.75 Å². The molecule has 1 aliphatic heterocycles. The van der Waals surface area contributed by atoms with Gasteiger partial charge in [-0.15, -0.1) is 0 Å². The van der Waals surface area contributed by atoms with Crippen LogP contribution in [-0.2, 0) is 14.3 Å². The molecule has 1 saturated heterocycles. The summed E-state index contributed by atoms with van der Waals surface area (Å²) in [5.41, 5.74) is 0.989. The molecule has 2 unspecified atom stereocenters. The average Bonchev–Trinajstić information content (AvgIpc) is 2.87. The van der Waals surface area contributed by atoms with Crippen molar-refractivity contribution in [2.75, 3.05) is 20.8 Å². The van der Waals surface area contributed by atoms with E-state index in [0.717, 1.165) is 11.3 Å². The van der Waals surface area contributed by atoms with E-state index >= 15 is 0 Å². The lowest BCUT2D eigenvalue weighted by atomic mass is 10.1. The monoisotopic (exact) mass is 277 g/mol. The van der Waals surface area contributed by atoms with Crippen LogP contribution in [0.5, 0.6) is 5.75 Å². The maximum atomic E-state index is 12.1. The van der Waals surface area contributed by atoms with E-state index in [0.29, 0.717) is 6.54 Å². The van der Waals surface area contributed by atoms with Gasteiger partial charge in [-0.25, -0.2) is 0 Å². The Hall–Kier alpha value is -2.04. The highest BCUT2D eigenvalue weighted by atomic mass is 16.5. The number of carbonyl (C=O) groups excluding carboxylic acids is 2. The highest BCUT2D eigenvalue weighted by molar-refractivity contribution is 5.87. The Morgan fingerprint density at radius 3 is 2.80 bits per heavy atom. The molecule has 0 radical (unpaired) electrons. The second kappa shape index (κ2) is 5.94. The van der Waals surface area contributed by atoms with Crippen LogP contribution in [0.2, 0.25) is 0 Å². The summed E-state index contributed by atoms with van der Waals surface area (Å²) in [6.07, 6.45) is 0.223. The zero-order chi connectivity index (χ0) is 14.7. The Morgan fingerprint density at radius 1 is 1.40 bits per heavy atom. The minimum absolute atomic E-state index is 0.0179. The molecule has 5 nitrogen and oxygen atoms in total. The molecule has 2 rings (SSSR count). The van der Waals surface area contributed by atoms with Crippen molar-refractivity contribution in [2.45, 2.75) is 19.4 Å². The number of hydrogen-bond donors (Lipinski definition) is 0. The number of methoxy groups -OCH3 is 2. The molecule has 0 spiro atoms. The van der Waals surface area contributed by atoms with Gasteiger partial charge in [-0.3, -0.25) is 9.59 Å². The van der Waals surface area contributed by atoms with Crippen molar-refractivity contribution in [3.8, 4) is 5.75 Å². The van der Waals surface area contributed by atoms with Crippen LogP contribution < -0.4 is 4.74 Å². The summed E-state index contributed by atoms with van der Waals surface area (Å²) in [5.74, 6) is 0.0560. The quantitative estimate of drug-likeness (QED) is 0.787. The summed E-state index contributed by atoms with van der Waals surface area (Å²) in [6, 6.07) is 7.52. The molecular formula is C15H19NO4. The normalized spacial score (nSPS) is 19.9. The van der Waals surface area contributed by atoms with Crippen LogP contribution in [0, 0.1) is 5.92 Å². The van der Waals surface area contributed by atoms with E-state index in [2.05, 4.69) is 0 Å². The first-order valence-corrected chi connectivity index (χ1v) is 6.58. The van der Waals surface area contributed by atoms with Crippen LogP contribution in [0.15, 0.2) is 24.3 Å². The molecule has 0 N–H and O–H groups in total. The van der Waals surface area contributed by atoms with E-state index < -0.39 is 0 Å². The Morgan fingerprint density at radius 2 is 2.15 bits per heavy atom. The van der Waals surface area contributed by atoms with Crippen LogP contribution in [-0.4, -0.2) is 37.5 Å². The van der Waals surface area contributed by atoms with E-state index in [4.69, 9.17) is 9.47 Å². The van der Waals surface area contributed by atoms with Crippen molar-refractivity contribution in [1.29, 1.82) is 0 Å². The molecular weight excluding hydrogens is 258 g/mol. The molecule has 20 heavy (non-hydrogen) atoms. The fraction of sp³-hybridized carbons (Fsp3) is 0.467. The predicted molar refractivity (Wildman–Crippen MR) is 73.2 cm³/mol. The van der Waals surface area contributed by atoms with Gasteiger partial charge in [0.25, 0.3) is 0 Å². The van der Waals surface area contributed by atoms with Crippen LogP contribution in [0.4, 0.5) is 0 Å². The van der Waals surface area contributed by atoms with Crippen LogP contribution in [0.3, 0.4) is 0 Å². The molecule has 0 bridgehead atoms. The van der Waals surface area contributed by atoms with Gasteiger partial charge in [0.05, 0.1) is 26.2 Å². The first-order chi connectivity index (χ1) is 9.56. The lowest BCUT2D eigenvalue weighted by Crippen LogP contribution is -2.29. The number of nitrogens with zero attached hydrogens (tertiary/aromatic N) is 1. The maximum absolute atomic E-state index is 12.1. The van der Waals surface area contributed by atoms with Crippen molar-refractivity contribution in [3.05, 3.63) is 29.8 Å². The third-order valence-electron chi connectivity index (χ3n) is 3.74. The fourth-order valence-corrected chi connectivity index (χ4v) is 2.51. The Labute approximate surface area is 118 Å². The van der Waals surface area contributed by atoms with E-state index in [-0.39, 0.29) is 30.3 Å². The smallest absolute Gasteiger partial charge is 0.310 e. The topological polar surface area (TPSA) is 55.8 Å². The van der Waals surface area contributed by atoms with Crippen molar-refractivity contribution < 1.29 is 19.1 Å². The third kappa shape index (κ3) is 2.76. The molecule has 0 saturated carbocycles. The highest BCUT2D eigenvalue weighted by Crippen LogP contribution is 2.30. The summed E-state index contributed by atoms with van der Waals surface area (Å²) in [7, 11) is 2.96.